The highest BCUT2D eigenvalue weighted by Crippen LogP contribution is 2.25. The number of methoxy groups -OCH3 is 1. The molecule has 1 atom stereocenters. The van der Waals surface area contributed by atoms with Crippen LogP contribution in [0.25, 0.3) is 0 Å². The van der Waals surface area contributed by atoms with E-state index < -0.39 is 11.6 Å². The molecule has 0 radical (unpaired) electrons. The van der Waals surface area contributed by atoms with Gasteiger partial charge in [0.2, 0.25) is 5.91 Å². The molecule has 2 aliphatic heterocycles. The molecular weight excluding hydrogens is 364 g/mol. The van der Waals surface area contributed by atoms with Crippen LogP contribution in [0.1, 0.15) is 31.2 Å². The molecule has 0 aliphatic carbocycles. The summed E-state index contributed by atoms with van der Waals surface area (Å²) in [4.78, 5) is 17.1. The first-order valence-corrected chi connectivity index (χ1v) is 10.2. The minimum absolute atomic E-state index is 0.0610. The van der Waals surface area contributed by atoms with Crippen LogP contribution < -0.4 is 5.32 Å². The Kier molecular flexibility index (Phi) is 7.76. The molecule has 3 rings (SSSR count). The van der Waals surface area contributed by atoms with Crippen molar-refractivity contribution in [3.63, 3.8) is 0 Å². The van der Waals surface area contributed by atoms with E-state index in [-0.39, 0.29) is 11.8 Å². The van der Waals surface area contributed by atoms with Crippen molar-refractivity contribution in [2.24, 2.45) is 5.92 Å². The number of benzene rings is 1. The van der Waals surface area contributed by atoms with E-state index in [1.54, 1.807) is 13.2 Å². The fourth-order valence-electron chi connectivity index (χ4n) is 4.31. The van der Waals surface area contributed by atoms with Crippen LogP contribution in [0.15, 0.2) is 18.2 Å². The molecule has 2 saturated heterocycles. The van der Waals surface area contributed by atoms with E-state index in [1.165, 1.54) is 12.1 Å². The summed E-state index contributed by atoms with van der Waals surface area (Å²) in [5.41, 5.74) is 0.808. The van der Waals surface area contributed by atoms with E-state index in [0.29, 0.717) is 25.7 Å². The quantitative estimate of drug-likeness (QED) is 0.720. The summed E-state index contributed by atoms with van der Waals surface area (Å²) < 4.78 is 31.5. The molecule has 0 unspecified atom stereocenters. The summed E-state index contributed by atoms with van der Waals surface area (Å²) in [5, 5.41) is 2.96. The molecule has 2 aliphatic rings. The van der Waals surface area contributed by atoms with Gasteiger partial charge < -0.3 is 10.1 Å². The number of hydrogen-bond donors (Lipinski definition) is 1. The maximum atomic E-state index is 13.4. The van der Waals surface area contributed by atoms with Crippen molar-refractivity contribution in [2.75, 3.05) is 46.4 Å². The maximum absolute atomic E-state index is 13.4. The van der Waals surface area contributed by atoms with E-state index in [9.17, 15) is 13.6 Å². The van der Waals surface area contributed by atoms with E-state index in [4.69, 9.17) is 4.74 Å². The van der Waals surface area contributed by atoms with Gasteiger partial charge >= 0.3 is 0 Å². The molecule has 0 aromatic heterocycles. The molecule has 1 aromatic carbocycles. The summed E-state index contributed by atoms with van der Waals surface area (Å²) in [6.07, 6.45) is 4.09. The lowest BCUT2D eigenvalue weighted by molar-refractivity contribution is -0.127. The van der Waals surface area contributed by atoms with Crippen LogP contribution >= 0.6 is 0 Å². The lowest BCUT2D eigenvalue weighted by Crippen LogP contribution is -2.50. The van der Waals surface area contributed by atoms with Gasteiger partial charge in [0.05, 0.1) is 12.5 Å². The van der Waals surface area contributed by atoms with Crippen molar-refractivity contribution in [1.29, 1.82) is 0 Å². The Morgan fingerprint density at radius 1 is 1.18 bits per heavy atom. The predicted octanol–water partition coefficient (Wildman–Crippen LogP) is 2.40. The van der Waals surface area contributed by atoms with Gasteiger partial charge in [0, 0.05) is 32.8 Å². The van der Waals surface area contributed by atoms with E-state index >= 15 is 0 Å². The Hall–Kier alpha value is -1.57. The van der Waals surface area contributed by atoms with E-state index in [1.807, 2.05) is 0 Å². The number of amides is 1. The van der Waals surface area contributed by atoms with Gasteiger partial charge in [-0.25, -0.2) is 8.78 Å². The van der Waals surface area contributed by atoms with Gasteiger partial charge in [-0.3, -0.25) is 14.6 Å². The van der Waals surface area contributed by atoms with Crippen molar-refractivity contribution >= 4 is 5.91 Å². The molecular formula is C21H31F2N3O2. The molecule has 156 valence electrons. The maximum Gasteiger partial charge on any atom is 0.224 e. The molecule has 2 fully saturated rings. The second-order valence-corrected chi connectivity index (χ2v) is 7.87. The van der Waals surface area contributed by atoms with Crippen LogP contribution in [-0.2, 0) is 16.1 Å². The van der Waals surface area contributed by atoms with Gasteiger partial charge in [-0.2, -0.15) is 0 Å². The molecule has 1 N–H and O–H groups in total. The van der Waals surface area contributed by atoms with Crippen LogP contribution in [0, 0.1) is 17.6 Å². The van der Waals surface area contributed by atoms with Crippen molar-refractivity contribution in [3.05, 3.63) is 35.4 Å². The third kappa shape index (κ3) is 5.72. The molecule has 0 bridgehead atoms. The normalized spacial score (nSPS) is 22.3. The Morgan fingerprint density at radius 2 is 1.96 bits per heavy atom. The summed E-state index contributed by atoms with van der Waals surface area (Å²) in [6.45, 7) is 5.50. The topological polar surface area (TPSA) is 44.8 Å². The number of nitrogens with one attached hydrogen (secondary N) is 1. The lowest BCUT2D eigenvalue weighted by Gasteiger charge is -2.42. The molecule has 0 saturated carbocycles. The second-order valence-electron chi connectivity index (χ2n) is 7.87. The SMILES string of the molecule is COCCNC(=O)[C@H]1CCCN(C2CCN(Cc3ccc(F)c(F)c3)CC2)C1. The van der Waals surface area contributed by atoms with Crippen molar-refractivity contribution in [3.8, 4) is 0 Å². The zero-order valence-corrected chi connectivity index (χ0v) is 16.6. The first-order chi connectivity index (χ1) is 13.6. The Morgan fingerprint density at radius 3 is 2.68 bits per heavy atom. The third-order valence-corrected chi connectivity index (χ3v) is 5.89. The number of halogens is 2. The van der Waals surface area contributed by atoms with Crippen molar-refractivity contribution in [1.82, 2.24) is 15.1 Å². The number of hydrogen-bond acceptors (Lipinski definition) is 4. The standard InChI is InChI=1S/C21H31F2N3O2/c1-28-12-8-24-21(27)17-3-2-9-26(15-17)18-6-10-25(11-7-18)14-16-4-5-19(22)20(23)13-16/h4-5,13,17-18H,2-3,6-12,14-15H2,1H3,(H,24,27)/t17-/m0/s1. The summed E-state index contributed by atoms with van der Waals surface area (Å²) in [6, 6.07) is 4.64. The monoisotopic (exact) mass is 395 g/mol. The van der Waals surface area contributed by atoms with Gasteiger partial charge in [0.1, 0.15) is 0 Å². The van der Waals surface area contributed by atoms with Crippen LogP contribution in [0.3, 0.4) is 0 Å². The zero-order chi connectivity index (χ0) is 19.9. The number of carbonyl (C=O) groups is 1. The summed E-state index contributed by atoms with van der Waals surface area (Å²) >= 11 is 0. The molecule has 28 heavy (non-hydrogen) atoms. The average molecular weight is 395 g/mol. The minimum atomic E-state index is -0.798. The van der Waals surface area contributed by atoms with Gasteiger partial charge in [0.15, 0.2) is 11.6 Å². The minimum Gasteiger partial charge on any atom is -0.383 e. The summed E-state index contributed by atoms with van der Waals surface area (Å²) in [7, 11) is 1.63. The van der Waals surface area contributed by atoms with E-state index in [0.717, 1.165) is 57.4 Å². The first-order valence-electron chi connectivity index (χ1n) is 10.2. The van der Waals surface area contributed by atoms with E-state index in [2.05, 4.69) is 15.1 Å². The Bertz CT molecular complexity index is 651. The molecule has 1 aromatic rings. The van der Waals surface area contributed by atoms with Crippen molar-refractivity contribution < 1.29 is 18.3 Å². The van der Waals surface area contributed by atoms with Gasteiger partial charge in [-0.15, -0.1) is 0 Å². The van der Waals surface area contributed by atoms with Gasteiger partial charge in [-0.1, -0.05) is 6.07 Å². The predicted molar refractivity (Wildman–Crippen MR) is 104 cm³/mol. The summed E-state index contributed by atoms with van der Waals surface area (Å²) in [5.74, 6) is -1.38. The molecule has 2 heterocycles. The van der Waals surface area contributed by atoms with Crippen molar-refractivity contribution in [2.45, 2.75) is 38.3 Å². The molecule has 0 spiro atoms. The van der Waals surface area contributed by atoms with Crippen LogP contribution in [-0.4, -0.2) is 68.2 Å². The van der Waals surface area contributed by atoms with Crippen LogP contribution in [0.5, 0.6) is 0 Å². The first kappa shape index (κ1) is 21.1. The largest absolute Gasteiger partial charge is 0.383 e. The second kappa shape index (κ2) is 10.3. The lowest BCUT2D eigenvalue weighted by atomic mass is 9.93. The van der Waals surface area contributed by atoms with Crippen LogP contribution in [0.4, 0.5) is 8.78 Å². The molecule has 1 amide bonds. The average Bonchev–Trinajstić information content (AvgIpc) is 2.71. The smallest absolute Gasteiger partial charge is 0.224 e. The van der Waals surface area contributed by atoms with Crippen LogP contribution in [0.2, 0.25) is 0 Å². The number of ether oxygens (including phenoxy) is 1. The zero-order valence-electron chi connectivity index (χ0n) is 16.6. The highest BCUT2D eigenvalue weighted by molar-refractivity contribution is 5.78. The highest BCUT2D eigenvalue weighted by atomic mass is 19.2. The number of likely N-dealkylation sites (tertiary alicyclic amines) is 2. The molecule has 7 heteroatoms. The number of carbonyl (C=O) groups excluding carboxylic acids is 1. The fraction of sp³-hybridized carbons (Fsp3) is 0.667. The molecule has 5 nitrogen and oxygen atoms in total. The van der Waals surface area contributed by atoms with Gasteiger partial charge in [0.25, 0.3) is 0 Å². The Labute approximate surface area is 166 Å². The van der Waals surface area contributed by atoms with Gasteiger partial charge in [-0.05, 0) is 63.0 Å². The Balaban J connectivity index is 1.45. The number of nitrogens with zero attached hydrogens (tertiary/aromatic N) is 2. The fourth-order valence-corrected chi connectivity index (χ4v) is 4.31. The third-order valence-electron chi connectivity index (χ3n) is 5.89. The number of rotatable bonds is 7. The number of piperidine rings is 2. The highest BCUT2D eigenvalue weighted by Gasteiger charge is 2.31.